The monoisotopic (exact) mass is 309 g/mol. The Morgan fingerprint density at radius 2 is 2.15 bits per heavy atom. The molecule has 1 aliphatic heterocycles. The first kappa shape index (κ1) is 17.3. The largest absolute Gasteiger partial charge is 0.317 e. The van der Waals surface area contributed by atoms with Gasteiger partial charge in [-0.3, -0.25) is 4.90 Å². The van der Waals surface area contributed by atoms with Crippen LogP contribution in [0.5, 0.6) is 0 Å². The van der Waals surface area contributed by atoms with Crippen LogP contribution in [0.1, 0.15) is 18.7 Å². The van der Waals surface area contributed by atoms with Crippen molar-refractivity contribution in [3.63, 3.8) is 0 Å². The molecular formula is C12H22ClF2N5. The van der Waals surface area contributed by atoms with E-state index in [1.807, 2.05) is 7.05 Å². The molecule has 1 saturated heterocycles. The normalized spacial score (nSPS) is 16.6. The summed E-state index contributed by atoms with van der Waals surface area (Å²) in [6.07, 6.45) is 1.30. The van der Waals surface area contributed by atoms with E-state index in [0.29, 0.717) is 18.3 Å². The number of halogens is 3. The van der Waals surface area contributed by atoms with Crippen LogP contribution < -0.4 is 5.32 Å². The van der Waals surface area contributed by atoms with E-state index in [-0.39, 0.29) is 19.0 Å². The Balaban J connectivity index is 0.00000200. The van der Waals surface area contributed by atoms with Crippen LogP contribution in [0, 0.1) is 5.92 Å². The molecule has 0 spiro atoms. The highest BCUT2D eigenvalue weighted by Gasteiger charge is 2.17. The van der Waals surface area contributed by atoms with Gasteiger partial charge in [0, 0.05) is 6.54 Å². The van der Waals surface area contributed by atoms with Crippen molar-refractivity contribution in [1.82, 2.24) is 25.0 Å². The number of nitrogens with one attached hydrogen (secondary N) is 1. The molecule has 0 amide bonds. The zero-order valence-corrected chi connectivity index (χ0v) is 12.5. The highest BCUT2D eigenvalue weighted by molar-refractivity contribution is 5.85. The van der Waals surface area contributed by atoms with Gasteiger partial charge in [0.1, 0.15) is 18.7 Å². The van der Waals surface area contributed by atoms with Crippen molar-refractivity contribution in [2.24, 2.45) is 5.92 Å². The Morgan fingerprint density at radius 1 is 1.45 bits per heavy atom. The van der Waals surface area contributed by atoms with Crippen molar-refractivity contribution in [3.8, 4) is 0 Å². The van der Waals surface area contributed by atoms with Crippen LogP contribution in [-0.4, -0.2) is 52.8 Å². The molecule has 0 aliphatic carbocycles. The van der Waals surface area contributed by atoms with Crippen LogP contribution in [0.2, 0.25) is 0 Å². The topological polar surface area (TPSA) is 46.0 Å². The molecule has 2 heterocycles. The molecule has 116 valence electrons. The summed E-state index contributed by atoms with van der Waals surface area (Å²) in [5.74, 6) is 1.29. The van der Waals surface area contributed by atoms with Crippen molar-refractivity contribution in [2.75, 3.05) is 26.7 Å². The summed E-state index contributed by atoms with van der Waals surface area (Å²) in [6.45, 7) is 3.30. The number of hydrogen-bond donors (Lipinski definition) is 1. The zero-order valence-electron chi connectivity index (χ0n) is 11.6. The molecule has 0 unspecified atom stereocenters. The average molecular weight is 310 g/mol. The lowest BCUT2D eigenvalue weighted by Crippen LogP contribution is -2.34. The first-order valence-corrected chi connectivity index (χ1v) is 6.69. The maximum atomic E-state index is 12.4. The summed E-state index contributed by atoms with van der Waals surface area (Å²) >= 11 is 0. The zero-order chi connectivity index (χ0) is 13.7. The fraction of sp³-hybridized carbons (Fsp3) is 0.833. The maximum absolute atomic E-state index is 12.4. The molecule has 2 rings (SSSR count). The molecule has 0 aromatic carbocycles. The van der Waals surface area contributed by atoms with E-state index in [1.165, 1.54) is 23.9 Å². The Morgan fingerprint density at radius 3 is 2.80 bits per heavy atom. The number of nitrogens with zero attached hydrogens (tertiary/aromatic N) is 4. The van der Waals surface area contributed by atoms with Gasteiger partial charge in [0.15, 0.2) is 0 Å². The van der Waals surface area contributed by atoms with E-state index < -0.39 is 6.43 Å². The molecule has 0 radical (unpaired) electrons. The van der Waals surface area contributed by atoms with Crippen LogP contribution >= 0.6 is 12.4 Å². The summed E-state index contributed by atoms with van der Waals surface area (Å²) in [7, 11) is 2.00. The second kappa shape index (κ2) is 8.49. The summed E-state index contributed by atoms with van der Waals surface area (Å²) < 4.78 is 26.1. The second-order valence-electron chi connectivity index (χ2n) is 5.14. The standard InChI is InChI=1S/C12H21F2N5.ClH/c1-18(6-10-2-4-15-5-3-10)8-12-16-9-17-19(12)7-11(13)14;/h9-11,15H,2-8H2,1H3;1H. The summed E-state index contributed by atoms with van der Waals surface area (Å²) in [5.41, 5.74) is 0. The van der Waals surface area contributed by atoms with Gasteiger partial charge >= 0.3 is 0 Å². The predicted molar refractivity (Wildman–Crippen MR) is 75.2 cm³/mol. The van der Waals surface area contributed by atoms with Crippen LogP contribution in [-0.2, 0) is 13.1 Å². The number of alkyl halides is 2. The van der Waals surface area contributed by atoms with Gasteiger partial charge in [0.2, 0.25) is 0 Å². The van der Waals surface area contributed by atoms with Gasteiger partial charge in [-0.25, -0.2) is 18.4 Å². The number of hydrogen-bond acceptors (Lipinski definition) is 4. The molecule has 0 atom stereocenters. The maximum Gasteiger partial charge on any atom is 0.257 e. The Bertz CT molecular complexity index is 382. The summed E-state index contributed by atoms with van der Waals surface area (Å²) in [4.78, 5) is 6.21. The van der Waals surface area contributed by atoms with Crippen molar-refractivity contribution < 1.29 is 8.78 Å². The Kier molecular flexibility index (Phi) is 7.32. The fourth-order valence-corrected chi connectivity index (χ4v) is 2.50. The van der Waals surface area contributed by atoms with Gasteiger partial charge in [0.25, 0.3) is 6.43 Å². The molecule has 5 nitrogen and oxygen atoms in total. The lowest BCUT2D eigenvalue weighted by atomic mass is 9.98. The molecule has 1 fully saturated rings. The minimum absolute atomic E-state index is 0. The first-order chi connectivity index (χ1) is 9.15. The van der Waals surface area contributed by atoms with Gasteiger partial charge < -0.3 is 5.32 Å². The third-order valence-electron chi connectivity index (χ3n) is 3.45. The van der Waals surface area contributed by atoms with E-state index in [2.05, 4.69) is 20.3 Å². The fourth-order valence-electron chi connectivity index (χ4n) is 2.50. The molecular weight excluding hydrogens is 288 g/mol. The van der Waals surface area contributed by atoms with Crippen LogP contribution in [0.25, 0.3) is 0 Å². The predicted octanol–water partition coefficient (Wildman–Crippen LogP) is 1.40. The van der Waals surface area contributed by atoms with E-state index in [9.17, 15) is 8.78 Å². The smallest absolute Gasteiger partial charge is 0.257 e. The van der Waals surface area contributed by atoms with Gasteiger partial charge in [-0.05, 0) is 38.9 Å². The van der Waals surface area contributed by atoms with Crippen LogP contribution in [0.4, 0.5) is 8.78 Å². The van der Waals surface area contributed by atoms with Gasteiger partial charge in [-0.15, -0.1) is 12.4 Å². The summed E-state index contributed by atoms with van der Waals surface area (Å²) in [5, 5.41) is 7.18. The lowest BCUT2D eigenvalue weighted by Gasteiger charge is -2.27. The molecule has 1 aromatic rings. The minimum atomic E-state index is -2.39. The lowest BCUT2D eigenvalue weighted by molar-refractivity contribution is 0.118. The molecule has 8 heteroatoms. The quantitative estimate of drug-likeness (QED) is 0.863. The van der Waals surface area contributed by atoms with Crippen molar-refractivity contribution >= 4 is 12.4 Å². The summed E-state index contributed by atoms with van der Waals surface area (Å²) in [6, 6.07) is 0. The molecule has 0 saturated carbocycles. The Hall–Kier alpha value is -0.790. The minimum Gasteiger partial charge on any atom is -0.317 e. The molecule has 1 N–H and O–H groups in total. The molecule has 0 bridgehead atoms. The van der Waals surface area contributed by atoms with Crippen LogP contribution in [0.3, 0.4) is 0 Å². The third kappa shape index (κ3) is 5.30. The first-order valence-electron chi connectivity index (χ1n) is 6.69. The van der Waals surface area contributed by atoms with Gasteiger partial charge in [0.05, 0.1) is 6.54 Å². The van der Waals surface area contributed by atoms with E-state index in [4.69, 9.17) is 0 Å². The van der Waals surface area contributed by atoms with Crippen LogP contribution in [0.15, 0.2) is 6.33 Å². The van der Waals surface area contributed by atoms with E-state index in [0.717, 1.165) is 19.6 Å². The van der Waals surface area contributed by atoms with E-state index >= 15 is 0 Å². The molecule has 20 heavy (non-hydrogen) atoms. The highest BCUT2D eigenvalue weighted by atomic mass is 35.5. The average Bonchev–Trinajstić information content (AvgIpc) is 2.77. The van der Waals surface area contributed by atoms with Gasteiger partial charge in [-0.1, -0.05) is 0 Å². The van der Waals surface area contributed by atoms with Crippen molar-refractivity contribution in [1.29, 1.82) is 0 Å². The molecule has 1 aromatic heterocycles. The Labute approximate surface area is 124 Å². The van der Waals surface area contributed by atoms with Crippen molar-refractivity contribution in [2.45, 2.75) is 32.4 Å². The van der Waals surface area contributed by atoms with E-state index in [1.54, 1.807) is 0 Å². The second-order valence-corrected chi connectivity index (χ2v) is 5.14. The number of aromatic nitrogens is 3. The molecule has 1 aliphatic rings. The highest BCUT2D eigenvalue weighted by Crippen LogP contribution is 2.14. The van der Waals surface area contributed by atoms with Crippen molar-refractivity contribution in [3.05, 3.63) is 12.2 Å². The number of piperidine rings is 1. The number of rotatable bonds is 6. The third-order valence-corrected chi connectivity index (χ3v) is 3.45. The SMILES string of the molecule is CN(Cc1ncnn1CC(F)F)CC1CCNCC1.Cl. The van der Waals surface area contributed by atoms with Gasteiger partial charge in [-0.2, -0.15) is 5.10 Å².